The molecule has 0 bridgehead atoms. The summed E-state index contributed by atoms with van der Waals surface area (Å²) in [4.78, 5) is 4.41. The van der Waals surface area contributed by atoms with Crippen LogP contribution in [0.3, 0.4) is 0 Å². The summed E-state index contributed by atoms with van der Waals surface area (Å²) in [5.74, 6) is 1.60. The standard InChI is InChI=1S/C15H18ClN3O/c1-20-14-7-6-11(16)10-13(14)18-15-17-8-9-19(15)12-4-2-3-5-12/h6-10,12H,2-5H2,1H3,(H,17,18). The number of ether oxygens (including phenoxy) is 1. The maximum Gasteiger partial charge on any atom is 0.207 e. The Morgan fingerprint density at radius 3 is 2.90 bits per heavy atom. The van der Waals surface area contributed by atoms with Gasteiger partial charge in [0.25, 0.3) is 0 Å². The van der Waals surface area contributed by atoms with Crippen LogP contribution in [0, 0.1) is 0 Å². The van der Waals surface area contributed by atoms with Crippen LogP contribution in [0.15, 0.2) is 30.6 Å². The molecule has 5 heteroatoms. The first-order valence-electron chi connectivity index (χ1n) is 6.91. The summed E-state index contributed by atoms with van der Waals surface area (Å²) < 4.78 is 7.57. The van der Waals surface area contributed by atoms with E-state index in [1.807, 2.05) is 30.6 Å². The van der Waals surface area contributed by atoms with Crippen molar-refractivity contribution in [1.29, 1.82) is 0 Å². The smallest absolute Gasteiger partial charge is 0.207 e. The van der Waals surface area contributed by atoms with Crippen molar-refractivity contribution in [1.82, 2.24) is 9.55 Å². The Morgan fingerprint density at radius 2 is 2.15 bits per heavy atom. The van der Waals surface area contributed by atoms with Crippen LogP contribution in [0.5, 0.6) is 5.75 Å². The molecule has 0 radical (unpaired) electrons. The van der Waals surface area contributed by atoms with Crippen LogP contribution < -0.4 is 10.1 Å². The van der Waals surface area contributed by atoms with Crippen molar-refractivity contribution < 1.29 is 4.74 Å². The third-order valence-corrected chi connectivity index (χ3v) is 4.03. The number of halogens is 1. The van der Waals surface area contributed by atoms with Gasteiger partial charge in [-0.2, -0.15) is 0 Å². The molecular weight excluding hydrogens is 274 g/mol. The van der Waals surface area contributed by atoms with Crippen molar-refractivity contribution in [2.24, 2.45) is 0 Å². The molecule has 3 rings (SSSR count). The summed E-state index contributed by atoms with van der Waals surface area (Å²) >= 11 is 6.06. The van der Waals surface area contributed by atoms with Crippen LogP contribution in [0.1, 0.15) is 31.7 Å². The highest BCUT2D eigenvalue weighted by Gasteiger charge is 2.19. The van der Waals surface area contributed by atoms with E-state index in [4.69, 9.17) is 16.3 Å². The van der Waals surface area contributed by atoms with Gasteiger partial charge in [-0.05, 0) is 31.0 Å². The van der Waals surface area contributed by atoms with Gasteiger partial charge in [-0.3, -0.25) is 0 Å². The van der Waals surface area contributed by atoms with Crippen LogP contribution >= 0.6 is 11.6 Å². The molecule has 106 valence electrons. The van der Waals surface area contributed by atoms with E-state index in [2.05, 4.69) is 14.9 Å². The summed E-state index contributed by atoms with van der Waals surface area (Å²) in [6, 6.07) is 6.07. The van der Waals surface area contributed by atoms with Crippen LogP contribution in [0.25, 0.3) is 0 Å². The Morgan fingerprint density at radius 1 is 1.35 bits per heavy atom. The number of nitrogens with one attached hydrogen (secondary N) is 1. The van der Waals surface area contributed by atoms with Crippen molar-refractivity contribution >= 4 is 23.2 Å². The number of methoxy groups -OCH3 is 1. The highest BCUT2D eigenvalue weighted by molar-refractivity contribution is 6.30. The zero-order chi connectivity index (χ0) is 13.9. The fourth-order valence-corrected chi connectivity index (χ4v) is 2.96. The maximum absolute atomic E-state index is 6.06. The van der Waals surface area contributed by atoms with Gasteiger partial charge in [0.2, 0.25) is 5.95 Å². The Hall–Kier alpha value is -1.68. The molecule has 0 amide bonds. The molecular formula is C15H18ClN3O. The highest BCUT2D eigenvalue weighted by Crippen LogP contribution is 2.34. The maximum atomic E-state index is 6.06. The fourth-order valence-electron chi connectivity index (χ4n) is 2.79. The van der Waals surface area contributed by atoms with Crippen LogP contribution in [0.4, 0.5) is 11.6 Å². The van der Waals surface area contributed by atoms with E-state index in [1.165, 1.54) is 25.7 Å². The van der Waals surface area contributed by atoms with Gasteiger partial charge < -0.3 is 14.6 Å². The van der Waals surface area contributed by atoms with Crippen molar-refractivity contribution in [3.8, 4) is 5.75 Å². The molecule has 0 spiro atoms. The van der Waals surface area contributed by atoms with E-state index in [-0.39, 0.29) is 0 Å². The van der Waals surface area contributed by atoms with E-state index < -0.39 is 0 Å². The Kier molecular flexibility index (Phi) is 3.83. The largest absolute Gasteiger partial charge is 0.495 e. The SMILES string of the molecule is COc1ccc(Cl)cc1Nc1nccn1C1CCCC1. The zero-order valence-corrected chi connectivity index (χ0v) is 12.2. The molecule has 1 aromatic carbocycles. The number of rotatable bonds is 4. The fraction of sp³-hybridized carbons (Fsp3) is 0.400. The third-order valence-electron chi connectivity index (χ3n) is 3.79. The lowest BCUT2D eigenvalue weighted by Crippen LogP contribution is -2.08. The van der Waals surface area contributed by atoms with Crippen LogP contribution in [0.2, 0.25) is 5.02 Å². The summed E-state index contributed by atoms with van der Waals surface area (Å²) in [6.45, 7) is 0. The first-order valence-corrected chi connectivity index (χ1v) is 7.29. The lowest BCUT2D eigenvalue weighted by Gasteiger charge is -2.17. The van der Waals surface area contributed by atoms with Crippen molar-refractivity contribution in [2.45, 2.75) is 31.7 Å². The molecule has 4 nitrogen and oxygen atoms in total. The van der Waals surface area contributed by atoms with E-state index in [0.29, 0.717) is 11.1 Å². The molecule has 2 aromatic rings. The Balaban J connectivity index is 1.88. The molecule has 1 heterocycles. The van der Waals surface area contributed by atoms with Crippen molar-refractivity contribution in [3.63, 3.8) is 0 Å². The molecule has 1 aliphatic rings. The monoisotopic (exact) mass is 291 g/mol. The topological polar surface area (TPSA) is 39.1 Å². The minimum Gasteiger partial charge on any atom is -0.495 e. The molecule has 0 aliphatic heterocycles. The molecule has 1 N–H and O–H groups in total. The molecule has 20 heavy (non-hydrogen) atoms. The summed E-state index contributed by atoms with van der Waals surface area (Å²) in [7, 11) is 1.65. The second-order valence-electron chi connectivity index (χ2n) is 5.07. The van der Waals surface area contributed by atoms with Gasteiger partial charge in [0.1, 0.15) is 5.75 Å². The van der Waals surface area contributed by atoms with Crippen molar-refractivity contribution in [3.05, 3.63) is 35.6 Å². The average Bonchev–Trinajstić information content (AvgIpc) is 3.09. The van der Waals surface area contributed by atoms with E-state index in [0.717, 1.165) is 17.4 Å². The minimum atomic E-state index is 0.546. The number of imidazole rings is 1. The molecule has 1 fully saturated rings. The molecule has 0 saturated heterocycles. The van der Waals surface area contributed by atoms with Gasteiger partial charge in [-0.15, -0.1) is 0 Å². The second-order valence-corrected chi connectivity index (χ2v) is 5.50. The Bertz CT molecular complexity index is 591. The summed E-state index contributed by atoms with van der Waals surface area (Å²) in [6.07, 6.45) is 8.90. The average molecular weight is 292 g/mol. The first kappa shape index (κ1) is 13.3. The van der Waals surface area contributed by atoms with Gasteiger partial charge in [-0.1, -0.05) is 24.4 Å². The van der Waals surface area contributed by atoms with Gasteiger partial charge in [-0.25, -0.2) is 4.98 Å². The number of hydrogen-bond acceptors (Lipinski definition) is 3. The van der Waals surface area contributed by atoms with Gasteiger partial charge in [0, 0.05) is 23.5 Å². The van der Waals surface area contributed by atoms with Gasteiger partial charge >= 0.3 is 0 Å². The zero-order valence-electron chi connectivity index (χ0n) is 11.5. The summed E-state index contributed by atoms with van der Waals surface area (Å²) in [5.41, 5.74) is 0.838. The van der Waals surface area contributed by atoms with Crippen LogP contribution in [-0.2, 0) is 0 Å². The number of benzene rings is 1. The predicted molar refractivity (Wildman–Crippen MR) is 81.0 cm³/mol. The number of hydrogen-bond donors (Lipinski definition) is 1. The molecule has 0 unspecified atom stereocenters. The van der Waals surface area contributed by atoms with E-state index in [9.17, 15) is 0 Å². The second kappa shape index (κ2) is 5.75. The molecule has 0 atom stereocenters. The summed E-state index contributed by atoms with van der Waals surface area (Å²) in [5, 5.41) is 4.01. The number of nitrogens with zero attached hydrogens (tertiary/aromatic N) is 2. The van der Waals surface area contributed by atoms with Crippen LogP contribution in [-0.4, -0.2) is 16.7 Å². The van der Waals surface area contributed by atoms with Crippen molar-refractivity contribution in [2.75, 3.05) is 12.4 Å². The lowest BCUT2D eigenvalue weighted by atomic mass is 10.2. The number of anilines is 2. The normalized spacial score (nSPS) is 15.5. The number of aromatic nitrogens is 2. The molecule has 1 aromatic heterocycles. The lowest BCUT2D eigenvalue weighted by molar-refractivity contribution is 0.416. The van der Waals surface area contributed by atoms with Gasteiger partial charge in [0.05, 0.1) is 12.8 Å². The quantitative estimate of drug-likeness (QED) is 0.907. The van der Waals surface area contributed by atoms with Gasteiger partial charge in [0.15, 0.2) is 0 Å². The first-order chi connectivity index (χ1) is 9.78. The Labute approximate surface area is 123 Å². The minimum absolute atomic E-state index is 0.546. The van der Waals surface area contributed by atoms with E-state index in [1.54, 1.807) is 7.11 Å². The highest BCUT2D eigenvalue weighted by atomic mass is 35.5. The molecule has 1 aliphatic carbocycles. The predicted octanol–water partition coefficient (Wildman–Crippen LogP) is 4.40. The van der Waals surface area contributed by atoms with E-state index >= 15 is 0 Å². The molecule has 1 saturated carbocycles. The third kappa shape index (κ3) is 2.61.